The summed E-state index contributed by atoms with van der Waals surface area (Å²) in [7, 11) is 3.15. The number of hydrogen-bond donors (Lipinski definition) is 2. The van der Waals surface area contributed by atoms with Gasteiger partial charge in [0.05, 0.1) is 12.2 Å². The Morgan fingerprint density at radius 3 is 2.40 bits per heavy atom. The molecule has 0 aliphatic carbocycles. The lowest BCUT2D eigenvalue weighted by molar-refractivity contribution is 0.0962. The summed E-state index contributed by atoms with van der Waals surface area (Å²) in [4.78, 5) is 24.1. The molecule has 0 atom stereocenters. The number of carbonyl (C=O) groups excluding carboxylic acids is 2. The van der Waals surface area contributed by atoms with Gasteiger partial charge in [-0.3, -0.25) is 9.59 Å². The first kappa shape index (κ1) is 19.0. The monoisotopic (exact) mass is 406 g/mol. The maximum absolute atomic E-state index is 12.6. The number of hydrogen-bond acceptors (Lipinski definition) is 4. The third-order valence-electron chi connectivity index (χ3n) is 3.36. The molecule has 2 rings (SSSR count). The molecule has 132 valence electrons. The molecule has 7 heteroatoms. The minimum absolute atomic E-state index is 0.182. The van der Waals surface area contributed by atoms with Gasteiger partial charge < -0.3 is 20.1 Å². The Hall–Kier alpha value is -2.38. The van der Waals surface area contributed by atoms with Crippen LogP contribution in [0.5, 0.6) is 5.75 Å². The predicted octanol–water partition coefficient (Wildman–Crippen LogP) is 3.09. The van der Waals surface area contributed by atoms with Gasteiger partial charge >= 0.3 is 0 Å². The van der Waals surface area contributed by atoms with Gasteiger partial charge in [0.2, 0.25) is 0 Å². The highest BCUT2D eigenvalue weighted by molar-refractivity contribution is 9.10. The first-order chi connectivity index (χ1) is 12.0. The molecule has 0 aromatic heterocycles. The molecule has 0 saturated heterocycles. The van der Waals surface area contributed by atoms with Crippen LogP contribution in [0.1, 0.15) is 20.7 Å². The number of ether oxygens (including phenoxy) is 2. The molecular formula is C18H19BrN2O4. The maximum Gasteiger partial charge on any atom is 0.259 e. The molecule has 2 N–H and O–H groups in total. The molecule has 0 spiro atoms. The van der Waals surface area contributed by atoms with Crippen LogP contribution in [0.4, 0.5) is 5.69 Å². The highest BCUT2D eigenvalue weighted by Gasteiger charge is 2.14. The smallest absolute Gasteiger partial charge is 0.259 e. The van der Waals surface area contributed by atoms with Crippen LogP contribution in [0.15, 0.2) is 46.9 Å². The van der Waals surface area contributed by atoms with Crippen molar-refractivity contribution in [3.8, 4) is 5.75 Å². The second-order valence-corrected chi connectivity index (χ2v) is 6.01. The van der Waals surface area contributed by atoms with Crippen LogP contribution >= 0.6 is 15.9 Å². The van der Waals surface area contributed by atoms with E-state index < -0.39 is 0 Å². The third-order valence-corrected chi connectivity index (χ3v) is 3.86. The number of benzene rings is 2. The Balaban J connectivity index is 2.14. The van der Waals surface area contributed by atoms with Gasteiger partial charge in [0.25, 0.3) is 11.8 Å². The van der Waals surface area contributed by atoms with E-state index in [0.29, 0.717) is 35.8 Å². The van der Waals surface area contributed by atoms with Crippen molar-refractivity contribution in [2.45, 2.75) is 0 Å². The van der Waals surface area contributed by atoms with Crippen LogP contribution in [0.2, 0.25) is 0 Å². The lowest BCUT2D eigenvalue weighted by atomic mass is 10.1. The molecule has 0 aliphatic rings. The molecule has 25 heavy (non-hydrogen) atoms. The van der Waals surface area contributed by atoms with E-state index in [4.69, 9.17) is 9.47 Å². The Bertz CT molecular complexity index is 747. The van der Waals surface area contributed by atoms with Gasteiger partial charge in [0.1, 0.15) is 12.4 Å². The number of halogens is 1. The minimum atomic E-state index is -0.304. The third kappa shape index (κ3) is 5.30. The normalized spacial score (nSPS) is 10.2. The van der Waals surface area contributed by atoms with E-state index in [2.05, 4.69) is 26.6 Å². The summed E-state index contributed by atoms with van der Waals surface area (Å²) < 4.78 is 11.3. The summed E-state index contributed by atoms with van der Waals surface area (Å²) in [5, 5.41) is 5.34. The van der Waals surface area contributed by atoms with Gasteiger partial charge in [-0.05, 0) is 42.5 Å². The SMILES string of the molecule is CNC(=O)c1ccc(NC(=O)c2cc(Br)ccc2OCCOC)cc1. The van der Waals surface area contributed by atoms with Crippen LogP contribution < -0.4 is 15.4 Å². The summed E-state index contributed by atoms with van der Waals surface area (Å²) in [5.41, 5.74) is 1.51. The van der Waals surface area contributed by atoms with E-state index in [9.17, 15) is 9.59 Å². The fourth-order valence-corrected chi connectivity index (χ4v) is 2.45. The standard InChI is InChI=1S/C18H19BrN2O4/c1-20-17(22)12-3-6-14(7-4-12)21-18(23)15-11-13(19)5-8-16(15)25-10-9-24-2/h3-8,11H,9-10H2,1-2H3,(H,20,22)(H,21,23). The zero-order valence-electron chi connectivity index (χ0n) is 14.0. The molecule has 0 heterocycles. The summed E-state index contributed by atoms with van der Waals surface area (Å²) >= 11 is 3.36. The molecule has 2 amide bonds. The molecule has 0 aliphatic heterocycles. The largest absolute Gasteiger partial charge is 0.490 e. The van der Waals surface area contributed by atoms with E-state index >= 15 is 0 Å². The minimum Gasteiger partial charge on any atom is -0.490 e. The van der Waals surface area contributed by atoms with Crippen molar-refractivity contribution in [3.63, 3.8) is 0 Å². The van der Waals surface area contributed by atoms with Crippen LogP contribution in [0.25, 0.3) is 0 Å². The lowest BCUT2D eigenvalue weighted by Crippen LogP contribution is -2.18. The molecule has 2 aromatic carbocycles. The van der Waals surface area contributed by atoms with E-state index in [-0.39, 0.29) is 11.8 Å². The number of amides is 2. The molecule has 0 saturated carbocycles. The zero-order valence-corrected chi connectivity index (χ0v) is 15.6. The fourth-order valence-electron chi connectivity index (χ4n) is 2.09. The average Bonchev–Trinajstić information content (AvgIpc) is 2.63. The Morgan fingerprint density at radius 1 is 1.04 bits per heavy atom. The first-order valence-corrected chi connectivity index (χ1v) is 8.39. The molecule has 0 bridgehead atoms. The molecule has 0 radical (unpaired) electrons. The van der Waals surface area contributed by atoms with Crippen molar-refractivity contribution in [2.24, 2.45) is 0 Å². The predicted molar refractivity (Wildman–Crippen MR) is 99.3 cm³/mol. The quantitative estimate of drug-likeness (QED) is 0.692. The van der Waals surface area contributed by atoms with E-state index in [1.54, 1.807) is 56.6 Å². The highest BCUT2D eigenvalue weighted by Crippen LogP contribution is 2.24. The number of rotatable bonds is 7. The number of carbonyl (C=O) groups is 2. The van der Waals surface area contributed by atoms with Crippen molar-refractivity contribution in [2.75, 3.05) is 32.7 Å². The summed E-state index contributed by atoms with van der Waals surface area (Å²) in [6.45, 7) is 0.775. The summed E-state index contributed by atoms with van der Waals surface area (Å²) in [5.74, 6) is -0.0140. The topological polar surface area (TPSA) is 76.7 Å². The van der Waals surface area contributed by atoms with Crippen molar-refractivity contribution in [3.05, 3.63) is 58.1 Å². The Labute approximate surface area is 154 Å². The first-order valence-electron chi connectivity index (χ1n) is 7.60. The van der Waals surface area contributed by atoms with Gasteiger partial charge in [0.15, 0.2) is 0 Å². The van der Waals surface area contributed by atoms with Crippen LogP contribution in [-0.2, 0) is 4.74 Å². The van der Waals surface area contributed by atoms with E-state index in [1.807, 2.05) is 0 Å². The number of methoxy groups -OCH3 is 1. The molecular weight excluding hydrogens is 388 g/mol. The average molecular weight is 407 g/mol. The van der Waals surface area contributed by atoms with Crippen LogP contribution in [0, 0.1) is 0 Å². The second-order valence-electron chi connectivity index (χ2n) is 5.09. The zero-order chi connectivity index (χ0) is 18.2. The highest BCUT2D eigenvalue weighted by atomic mass is 79.9. The van der Waals surface area contributed by atoms with Crippen molar-refractivity contribution < 1.29 is 19.1 Å². The molecule has 2 aromatic rings. The van der Waals surface area contributed by atoms with Gasteiger partial charge in [-0.1, -0.05) is 15.9 Å². The van der Waals surface area contributed by atoms with Gasteiger partial charge in [-0.2, -0.15) is 0 Å². The van der Waals surface area contributed by atoms with E-state index in [0.717, 1.165) is 4.47 Å². The fraction of sp³-hybridized carbons (Fsp3) is 0.222. The Kier molecular flexibility index (Phi) is 6.97. The van der Waals surface area contributed by atoms with Crippen molar-refractivity contribution in [1.82, 2.24) is 5.32 Å². The van der Waals surface area contributed by atoms with Crippen LogP contribution in [-0.4, -0.2) is 39.2 Å². The second kappa shape index (κ2) is 9.19. The lowest BCUT2D eigenvalue weighted by Gasteiger charge is -2.12. The number of nitrogens with one attached hydrogen (secondary N) is 2. The van der Waals surface area contributed by atoms with E-state index in [1.165, 1.54) is 0 Å². The summed E-state index contributed by atoms with van der Waals surface area (Å²) in [6.07, 6.45) is 0. The van der Waals surface area contributed by atoms with Crippen molar-refractivity contribution in [1.29, 1.82) is 0 Å². The van der Waals surface area contributed by atoms with Gasteiger partial charge in [-0.25, -0.2) is 0 Å². The summed E-state index contributed by atoms with van der Waals surface area (Å²) in [6, 6.07) is 11.9. The Morgan fingerprint density at radius 2 is 1.76 bits per heavy atom. The number of anilines is 1. The molecule has 6 nitrogen and oxygen atoms in total. The van der Waals surface area contributed by atoms with Gasteiger partial charge in [-0.15, -0.1) is 0 Å². The van der Waals surface area contributed by atoms with Crippen LogP contribution in [0.3, 0.4) is 0 Å². The van der Waals surface area contributed by atoms with Crippen molar-refractivity contribution >= 4 is 33.4 Å². The molecule has 0 fully saturated rings. The van der Waals surface area contributed by atoms with Gasteiger partial charge in [0, 0.05) is 29.9 Å². The maximum atomic E-state index is 12.6. The molecule has 0 unspecified atom stereocenters.